The number of fused-ring (bicyclic) bond motifs is 2. The van der Waals surface area contributed by atoms with Crippen molar-refractivity contribution in [3.63, 3.8) is 0 Å². The van der Waals surface area contributed by atoms with E-state index in [0.29, 0.717) is 27.9 Å². The van der Waals surface area contributed by atoms with Crippen molar-refractivity contribution in [1.29, 1.82) is 0 Å². The van der Waals surface area contributed by atoms with Crippen molar-refractivity contribution in [3.8, 4) is 11.3 Å². The molecule has 26 heavy (non-hydrogen) atoms. The van der Waals surface area contributed by atoms with Crippen LogP contribution in [-0.2, 0) is 6.18 Å². The number of alkyl halides is 3. The molecule has 0 spiro atoms. The third-order valence-electron chi connectivity index (χ3n) is 4.11. The van der Waals surface area contributed by atoms with Gasteiger partial charge in [-0.05, 0) is 24.3 Å². The number of hydrogen-bond donors (Lipinski definition) is 1. The summed E-state index contributed by atoms with van der Waals surface area (Å²) >= 11 is 6.23. The summed E-state index contributed by atoms with van der Waals surface area (Å²) < 4.78 is 42.2. The average Bonchev–Trinajstić information content (AvgIpc) is 3.19. The third-order valence-corrected chi connectivity index (χ3v) is 4.41. The maximum Gasteiger partial charge on any atom is 0.418 e. The quantitative estimate of drug-likeness (QED) is 0.529. The Balaban J connectivity index is 2.09. The van der Waals surface area contributed by atoms with Crippen LogP contribution in [0.25, 0.3) is 27.8 Å². The van der Waals surface area contributed by atoms with Gasteiger partial charge >= 0.3 is 6.18 Å². The second-order valence-electron chi connectivity index (χ2n) is 6.28. The molecule has 0 aliphatic carbocycles. The van der Waals surface area contributed by atoms with E-state index in [4.69, 9.17) is 11.6 Å². The van der Waals surface area contributed by atoms with Crippen LogP contribution in [-0.4, -0.2) is 24.8 Å². The highest BCUT2D eigenvalue weighted by Gasteiger charge is 2.36. The number of aromatic nitrogens is 5. The molecule has 1 N–H and O–H groups in total. The summed E-state index contributed by atoms with van der Waals surface area (Å²) in [7, 11) is 0. The first-order chi connectivity index (χ1) is 12.3. The van der Waals surface area contributed by atoms with Crippen LogP contribution >= 0.6 is 11.6 Å². The SMILES string of the molecule is CC(C)c1nc2ccc(C(F)(F)F)c(-c3cc(Cl)c4[nH]ncc4c3)n2n1. The Labute approximate surface area is 150 Å². The molecule has 0 atom stereocenters. The van der Waals surface area contributed by atoms with Crippen LogP contribution in [0.1, 0.15) is 31.2 Å². The maximum absolute atomic E-state index is 13.7. The monoisotopic (exact) mass is 379 g/mol. The van der Waals surface area contributed by atoms with Gasteiger partial charge in [-0.3, -0.25) is 5.10 Å². The Morgan fingerprint density at radius 1 is 1.19 bits per heavy atom. The molecule has 3 heterocycles. The van der Waals surface area contributed by atoms with Gasteiger partial charge in [0, 0.05) is 16.9 Å². The van der Waals surface area contributed by atoms with Crippen LogP contribution in [0.5, 0.6) is 0 Å². The van der Waals surface area contributed by atoms with Crippen LogP contribution < -0.4 is 0 Å². The van der Waals surface area contributed by atoms with Crippen molar-refractivity contribution < 1.29 is 13.2 Å². The molecule has 0 unspecified atom stereocenters. The van der Waals surface area contributed by atoms with E-state index >= 15 is 0 Å². The fourth-order valence-electron chi connectivity index (χ4n) is 2.87. The van der Waals surface area contributed by atoms with Gasteiger partial charge in [0.05, 0.1) is 28.0 Å². The van der Waals surface area contributed by atoms with E-state index in [0.717, 1.165) is 6.07 Å². The topological polar surface area (TPSA) is 58.9 Å². The summed E-state index contributed by atoms with van der Waals surface area (Å²) in [6, 6.07) is 5.42. The van der Waals surface area contributed by atoms with E-state index in [2.05, 4.69) is 20.3 Å². The Bertz CT molecular complexity index is 1130. The smallest absolute Gasteiger partial charge is 0.276 e. The lowest BCUT2D eigenvalue weighted by molar-refractivity contribution is -0.137. The number of H-pyrrole nitrogens is 1. The van der Waals surface area contributed by atoms with Crippen LogP contribution in [0, 0.1) is 0 Å². The lowest BCUT2D eigenvalue weighted by Gasteiger charge is -2.14. The summed E-state index contributed by atoms with van der Waals surface area (Å²) in [5.41, 5.74) is 0.309. The minimum atomic E-state index is -4.55. The van der Waals surface area contributed by atoms with Gasteiger partial charge in [-0.15, -0.1) is 0 Å². The molecule has 0 fully saturated rings. The van der Waals surface area contributed by atoms with Gasteiger partial charge in [-0.1, -0.05) is 25.4 Å². The van der Waals surface area contributed by atoms with E-state index in [1.165, 1.54) is 22.8 Å². The number of hydrogen-bond acceptors (Lipinski definition) is 3. The molecule has 0 aliphatic heterocycles. The molecule has 0 saturated carbocycles. The number of pyridine rings is 1. The molecule has 4 rings (SSSR count). The van der Waals surface area contributed by atoms with Crippen molar-refractivity contribution in [1.82, 2.24) is 24.8 Å². The zero-order valence-electron chi connectivity index (χ0n) is 13.8. The highest BCUT2D eigenvalue weighted by molar-refractivity contribution is 6.35. The first-order valence-electron chi connectivity index (χ1n) is 7.85. The largest absolute Gasteiger partial charge is 0.418 e. The minimum Gasteiger partial charge on any atom is -0.276 e. The molecule has 4 aromatic rings. The number of halogens is 4. The summed E-state index contributed by atoms with van der Waals surface area (Å²) in [4.78, 5) is 4.33. The van der Waals surface area contributed by atoms with Crippen molar-refractivity contribution in [3.05, 3.63) is 46.9 Å². The van der Waals surface area contributed by atoms with Gasteiger partial charge in [0.15, 0.2) is 11.5 Å². The summed E-state index contributed by atoms with van der Waals surface area (Å²) in [6.07, 6.45) is -3.04. The first kappa shape index (κ1) is 16.8. The van der Waals surface area contributed by atoms with Crippen LogP contribution in [0.4, 0.5) is 13.2 Å². The fraction of sp³-hybridized carbons (Fsp3) is 0.235. The Morgan fingerprint density at radius 2 is 1.96 bits per heavy atom. The number of benzene rings is 1. The van der Waals surface area contributed by atoms with Crippen LogP contribution in [0.2, 0.25) is 5.02 Å². The number of rotatable bonds is 2. The van der Waals surface area contributed by atoms with Gasteiger partial charge in [-0.2, -0.15) is 23.4 Å². The Morgan fingerprint density at radius 3 is 2.65 bits per heavy atom. The Hall–Kier alpha value is -2.61. The molecular weight excluding hydrogens is 367 g/mol. The maximum atomic E-state index is 13.7. The van der Waals surface area contributed by atoms with Gasteiger partial charge in [0.1, 0.15) is 0 Å². The molecule has 0 aliphatic rings. The predicted octanol–water partition coefficient (Wildman–Crippen LogP) is 5.07. The molecule has 3 aromatic heterocycles. The molecule has 9 heteroatoms. The lowest BCUT2D eigenvalue weighted by Crippen LogP contribution is -2.11. The molecule has 5 nitrogen and oxygen atoms in total. The predicted molar refractivity (Wildman–Crippen MR) is 92.2 cm³/mol. The van der Waals surface area contributed by atoms with Gasteiger partial charge < -0.3 is 0 Å². The van der Waals surface area contributed by atoms with E-state index in [-0.39, 0.29) is 16.6 Å². The van der Waals surface area contributed by atoms with Crippen LogP contribution in [0.15, 0.2) is 30.5 Å². The van der Waals surface area contributed by atoms with Crippen molar-refractivity contribution in [2.75, 3.05) is 0 Å². The first-order valence-corrected chi connectivity index (χ1v) is 8.23. The second kappa shape index (κ2) is 5.70. The highest BCUT2D eigenvalue weighted by Crippen LogP contribution is 2.39. The zero-order valence-corrected chi connectivity index (χ0v) is 14.5. The molecule has 0 saturated heterocycles. The molecule has 1 aromatic carbocycles. The average molecular weight is 380 g/mol. The molecule has 0 amide bonds. The van der Waals surface area contributed by atoms with E-state index in [1.807, 2.05) is 13.8 Å². The van der Waals surface area contributed by atoms with Gasteiger partial charge in [-0.25, -0.2) is 9.50 Å². The number of nitrogens with one attached hydrogen (secondary N) is 1. The van der Waals surface area contributed by atoms with E-state index < -0.39 is 11.7 Å². The fourth-order valence-corrected chi connectivity index (χ4v) is 3.13. The van der Waals surface area contributed by atoms with Crippen molar-refractivity contribution in [2.45, 2.75) is 25.9 Å². The van der Waals surface area contributed by atoms with Crippen molar-refractivity contribution in [2.24, 2.45) is 0 Å². The van der Waals surface area contributed by atoms with E-state index in [1.54, 1.807) is 6.07 Å². The molecule has 0 bridgehead atoms. The second-order valence-corrected chi connectivity index (χ2v) is 6.69. The molecule has 0 radical (unpaired) electrons. The van der Waals surface area contributed by atoms with Crippen molar-refractivity contribution >= 4 is 28.2 Å². The van der Waals surface area contributed by atoms with Crippen LogP contribution in [0.3, 0.4) is 0 Å². The zero-order chi connectivity index (χ0) is 18.6. The lowest BCUT2D eigenvalue weighted by atomic mass is 10.0. The van der Waals surface area contributed by atoms with E-state index in [9.17, 15) is 13.2 Å². The highest BCUT2D eigenvalue weighted by atomic mass is 35.5. The molecular formula is C17H13ClF3N5. The standard InChI is InChI=1S/C17H13ClF3N5/c1-8(2)16-23-13-4-3-11(17(19,20)21)15(26(13)25-16)9-5-10-7-22-24-14(10)12(18)6-9/h3-8H,1-2H3,(H,22,24). The third kappa shape index (κ3) is 2.61. The molecule has 134 valence electrons. The summed E-state index contributed by atoms with van der Waals surface area (Å²) in [5, 5.41) is 11.8. The van der Waals surface area contributed by atoms with Gasteiger partial charge in [0.25, 0.3) is 0 Å². The Kier molecular flexibility index (Phi) is 3.69. The summed E-state index contributed by atoms with van der Waals surface area (Å²) in [6.45, 7) is 3.76. The number of nitrogens with zero attached hydrogens (tertiary/aromatic N) is 4. The summed E-state index contributed by atoms with van der Waals surface area (Å²) in [5.74, 6) is 0.457. The van der Waals surface area contributed by atoms with Gasteiger partial charge in [0.2, 0.25) is 0 Å². The normalized spacial score (nSPS) is 12.6. The number of aromatic amines is 1. The minimum absolute atomic E-state index is 0.0166.